The van der Waals surface area contributed by atoms with Crippen molar-refractivity contribution in [3.05, 3.63) is 22.6 Å². The van der Waals surface area contributed by atoms with Crippen LogP contribution >= 0.6 is 15.9 Å². The molecule has 1 aromatic rings. The molecule has 2 heterocycles. The minimum atomic E-state index is -0.203. The van der Waals surface area contributed by atoms with Crippen molar-refractivity contribution < 1.29 is 14.4 Å². The molecule has 0 atom stereocenters. The van der Waals surface area contributed by atoms with E-state index in [1.807, 2.05) is 0 Å². The lowest BCUT2D eigenvalue weighted by Gasteiger charge is -2.31. The molecular weight excluding hydrogens is 328 g/mol. The van der Waals surface area contributed by atoms with Crippen molar-refractivity contribution in [2.24, 2.45) is 10.9 Å². The first-order valence-corrected chi connectivity index (χ1v) is 7.12. The third-order valence-corrected chi connectivity index (χ3v) is 3.66. The SMILES string of the molecule is NC(CN1CCC(NC(=O)c2ccc(Br)o2)CC1)=NO. The van der Waals surface area contributed by atoms with Gasteiger partial charge in [-0.15, -0.1) is 0 Å². The molecule has 0 saturated carbocycles. The van der Waals surface area contributed by atoms with Crippen LogP contribution in [0.15, 0.2) is 26.4 Å². The zero-order valence-electron chi connectivity index (χ0n) is 10.9. The molecule has 0 aromatic carbocycles. The summed E-state index contributed by atoms with van der Waals surface area (Å²) in [6, 6.07) is 3.44. The van der Waals surface area contributed by atoms with Crippen LogP contribution in [-0.4, -0.2) is 47.5 Å². The van der Waals surface area contributed by atoms with Crippen LogP contribution in [0.4, 0.5) is 0 Å². The average molecular weight is 345 g/mol. The maximum Gasteiger partial charge on any atom is 0.287 e. The van der Waals surface area contributed by atoms with Crippen LogP contribution in [0.25, 0.3) is 0 Å². The van der Waals surface area contributed by atoms with Gasteiger partial charge in [-0.25, -0.2) is 0 Å². The van der Waals surface area contributed by atoms with Gasteiger partial charge in [-0.2, -0.15) is 0 Å². The van der Waals surface area contributed by atoms with Gasteiger partial charge in [0.15, 0.2) is 16.3 Å². The number of likely N-dealkylation sites (tertiary alicyclic amines) is 1. The Labute approximate surface area is 124 Å². The Hall–Kier alpha value is -1.54. The van der Waals surface area contributed by atoms with Gasteiger partial charge in [0, 0.05) is 19.1 Å². The third kappa shape index (κ3) is 3.97. The van der Waals surface area contributed by atoms with Gasteiger partial charge in [0.2, 0.25) is 0 Å². The zero-order chi connectivity index (χ0) is 14.5. The number of rotatable bonds is 4. The predicted octanol–water partition coefficient (Wildman–Crippen LogP) is 0.983. The van der Waals surface area contributed by atoms with E-state index in [2.05, 4.69) is 31.3 Å². The standard InChI is InChI=1S/C12H17BrN4O3/c13-10-2-1-9(20-10)12(18)15-8-3-5-17(6-4-8)7-11(14)16-19/h1-2,8,19H,3-7H2,(H2,14,16)(H,15,18). The van der Waals surface area contributed by atoms with Gasteiger partial charge in [0.05, 0.1) is 6.54 Å². The summed E-state index contributed by atoms with van der Waals surface area (Å²) in [5.74, 6) is 0.300. The number of furan rings is 1. The number of nitrogens with one attached hydrogen (secondary N) is 1. The summed E-state index contributed by atoms with van der Waals surface area (Å²) in [5, 5.41) is 14.4. The van der Waals surface area contributed by atoms with Crippen molar-refractivity contribution >= 4 is 27.7 Å². The lowest BCUT2D eigenvalue weighted by atomic mass is 10.0. The number of amidine groups is 1. The number of oxime groups is 1. The van der Waals surface area contributed by atoms with Crippen LogP contribution in [0, 0.1) is 0 Å². The molecule has 4 N–H and O–H groups in total. The Bertz CT molecular complexity index is 495. The number of hydrogen-bond acceptors (Lipinski definition) is 5. The first-order valence-electron chi connectivity index (χ1n) is 6.33. The molecular formula is C12H17BrN4O3. The number of halogens is 1. The topological polar surface area (TPSA) is 104 Å². The maximum absolute atomic E-state index is 11.9. The number of piperidine rings is 1. The molecule has 0 bridgehead atoms. The second-order valence-electron chi connectivity index (χ2n) is 4.72. The third-order valence-electron chi connectivity index (χ3n) is 3.23. The number of nitrogens with zero attached hydrogens (tertiary/aromatic N) is 2. The summed E-state index contributed by atoms with van der Waals surface area (Å²) in [5.41, 5.74) is 5.47. The minimum absolute atomic E-state index is 0.120. The predicted molar refractivity (Wildman–Crippen MR) is 76.7 cm³/mol. The monoisotopic (exact) mass is 344 g/mol. The summed E-state index contributed by atoms with van der Waals surface area (Å²) in [6.07, 6.45) is 1.65. The number of carbonyl (C=O) groups is 1. The van der Waals surface area contributed by atoms with Crippen LogP contribution in [0.2, 0.25) is 0 Å². The smallest absolute Gasteiger partial charge is 0.287 e. The second kappa shape index (κ2) is 6.76. The summed E-state index contributed by atoms with van der Waals surface area (Å²) < 4.78 is 5.75. The van der Waals surface area contributed by atoms with Gasteiger partial charge >= 0.3 is 0 Å². The number of carbonyl (C=O) groups excluding carboxylic acids is 1. The molecule has 1 aliphatic rings. The summed E-state index contributed by atoms with van der Waals surface area (Å²) in [4.78, 5) is 14.0. The Balaban J connectivity index is 1.78. The summed E-state index contributed by atoms with van der Waals surface area (Å²) >= 11 is 3.17. The van der Waals surface area contributed by atoms with Crippen LogP contribution in [0.5, 0.6) is 0 Å². The number of amides is 1. The first kappa shape index (κ1) is 14.9. The molecule has 0 radical (unpaired) electrons. The highest BCUT2D eigenvalue weighted by Gasteiger charge is 2.22. The Kier molecular flexibility index (Phi) is 5.02. The molecule has 0 spiro atoms. The van der Waals surface area contributed by atoms with E-state index in [1.54, 1.807) is 12.1 Å². The van der Waals surface area contributed by atoms with E-state index < -0.39 is 0 Å². The van der Waals surface area contributed by atoms with E-state index in [0.717, 1.165) is 25.9 Å². The fraction of sp³-hybridized carbons (Fsp3) is 0.500. The maximum atomic E-state index is 11.9. The van der Waals surface area contributed by atoms with Crippen molar-refractivity contribution in [1.82, 2.24) is 10.2 Å². The molecule has 20 heavy (non-hydrogen) atoms. The van der Waals surface area contributed by atoms with E-state index in [9.17, 15) is 4.79 Å². The van der Waals surface area contributed by atoms with E-state index in [-0.39, 0.29) is 17.8 Å². The molecule has 7 nitrogen and oxygen atoms in total. The van der Waals surface area contributed by atoms with Crippen molar-refractivity contribution in [3.63, 3.8) is 0 Å². The Morgan fingerprint density at radius 2 is 2.25 bits per heavy atom. The van der Waals surface area contributed by atoms with Crippen molar-refractivity contribution in [3.8, 4) is 0 Å². The van der Waals surface area contributed by atoms with Gasteiger partial charge in [-0.05, 0) is 40.9 Å². The minimum Gasteiger partial charge on any atom is -0.444 e. The molecule has 0 unspecified atom stereocenters. The Morgan fingerprint density at radius 1 is 1.55 bits per heavy atom. The largest absolute Gasteiger partial charge is 0.444 e. The number of hydrogen-bond donors (Lipinski definition) is 3. The van der Waals surface area contributed by atoms with Crippen molar-refractivity contribution in [2.45, 2.75) is 18.9 Å². The molecule has 1 aliphatic heterocycles. The molecule has 2 rings (SSSR count). The van der Waals surface area contributed by atoms with E-state index >= 15 is 0 Å². The first-order chi connectivity index (χ1) is 9.58. The van der Waals surface area contributed by atoms with Crippen LogP contribution in [0.1, 0.15) is 23.4 Å². The van der Waals surface area contributed by atoms with Crippen molar-refractivity contribution in [2.75, 3.05) is 19.6 Å². The fourth-order valence-electron chi connectivity index (χ4n) is 2.19. The number of nitrogens with two attached hydrogens (primary N) is 1. The van der Waals surface area contributed by atoms with E-state index in [4.69, 9.17) is 15.4 Å². The molecule has 1 saturated heterocycles. The molecule has 8 heteroatoms. The Morgan fingerprint density at radius 3 is 2.80 bits per heavy atom. The molecule has 110 valence electrons. The highest BCUT2D eigenvalue weighted by molar-refractivity contribution is 9.10. The molecule has 1 aromatic heterocycles. The lowest BCUT2D eigenvalue weighted by molar-refractivity contribution is 0.0885. The van der Waals surface area contributed by atoms with Gasteiger partial charge in [-0.3, -0.25) is 9.69 Å². The molecule has 0 aliphatic carbocycles. The van der Waals surface area contributed by atoms with Gasteiger partial charge in [0.25, 0.3) is 5.91 Å². The highest BCUT2D eigenvalue weighted by Crippen LogP contribution is 2.15. The summed E-state index contributed by atoms with van der Waals surface area (Å²) in [7, 11) is 0. The normalized spacial score (nSPS) is 18.1. The van der Waals surface area contributed by atoms with Crippen molar-refractivity contribution in [1.29, 1.82) is 0 Å². The second-order valence-corrected chi connectivity index (χ2v) is 5.50. The van der Waals surface area contributed by atoms with E-state index in [0.29, 0.717) is 17.0 Å². The molecule has 1 amide bonds. The van der Waals surface area contributed by atoms with Gasteiger partial charge in [0.1, 0.15) is 0 Å². The van der Waals surface area contributed by atoms with Gasteiger partial charge in [-0.1, -0.05) is 5.16 Å². The lowest BCUT2D eigenvalue weighted by Crippen LogP contribution is -2.46. The van der Waals surface area contributed by atoms with Crippen LogP contribution < -0.4 is 11.1 Å². The van der Waals surface area contributed by atoms with Crippen LogP contribution in [0.3, 0.4) is 0 Å². The van der Waals surface area contributed by atoms with Gasteiger partial charge < -0.3 is 20.7 Å². The highest BCUT2D eigenvalue weighted by atomic mass is 79.9. The zero-order valence-corrected chi connectivity index (χ0v) is 12.5. The van der Waals surface area contributed by atoms with Crippen LogP contribution in [-0.2, 0) is 0 Å². The fourth-order valence-corrected chi connectivity index (χ4v) is 2.50. The van der Waals surface area contributed by atoms with E-state index in [1.165, 1.54) is 0 Å². The quantitative estimate of drug-likeness (QED) is 0.327. The molecule has 1 fully saturated rings. The average Bonchev–Trinajstić information content (AvgIpc) is 2.87. The summed E-state index contributed by atoms with van der Waals surface area (Å²) in [6.45, 7) is 2.04.